The van der Waals surface area contributed by atoms with Crippen molar-refractivity contribution in [3.63, 3.8) is 0 Å². The molecule has 140 valence electrons. The number of hydrogen-bond donors (Lipinski definition) is 3. The van der Waals surface area contributed by atoms with E-state index in [1.54, 1.807) is 25.3 Å². The molecule has 0 saturated heterocycles. The number of methoxy groups -OCH3 is 2. The van der Waals surface area contributed by atoms with E-state index in [9.17, 15) is 9.90 Å². The van der Waals surface area contributed by atoms with E-state index < -0.39 is 0 Å². The fourth-order valence-electron chi connectivity index (χ4n) is 2.84. The Bertz CT molecular complexity index is 975. The van der Waals surface area contributed by atoms with E-state index in [0.29, 0.717) is 18.7 Å². The maximum Gasteiger partial charge on any atom is 0.244 e. The zero-order chi connectivity index (χ0) is 19.2. The second kappa shape index (κ2) is 8.31. The number of carbonyl (C=O) groups excluding carboxylic acids is 1. The Morgan fingerprint density at radius 3 is 2.81 bits per heavy atom. The van der Waals surface area contributed by atoms with Gasteiger partial charge in [-0.25, -0.2) is 0 Å². The fourth-order valence-corrected chi connectivity index (χ4v) is 2.84. The van der Waals surface area contributed by atoms with Crippen LogP contribution in [0.4, 0.5) is 0 Å². The highest BCUT2D eigenvalue weighted by molar-refractivity contribution is 5.92. The van der Waals surface area contributed by atoms with Crippen LogP contribution in [0.2, 0.25) is 0 Å². The molecule has 6 heteroatoms. The summed E-state index contributed by atoms with van der Waals surface area (Å²) in [5.74, 6) is 1.06. The Morgan fingerprint density at radius 1 is 1.19 bits per heavy atom. The van der Waals surface area contributed by atoms with Crippen molar-refractivity contribution < 1.29 is 19.4 Å². The van der Waals surface area contributed by atoms with Crippen LogP contribution in [0, 0.1) is 0 Å². The van der Waals surface area contributed by atoms with Crippen molar-refractivity contribution in [1.82, 2.24) is 10.3 Å². The lowest BCUT2D eigenvalue weighted by atomic mass is 10.1. The number of phenols is 1. The standard InChI is InChI=1S/C21H22N2O4/c1-26-16-5-6-18-17(12-16)15(13-23-18)9-10-22-21(25)8-4-14-3-7-19(24)20(11-14)27-2/h3-8,11-13,23-24H,9-10H2,1-2H3,(H,22,25)/b8-4+. The molecule has 3 N–H and O–H groups in total. The molecule has 0 spiro atoms. The molecule has 3 aromatic rings. The average molecular weight is 366 g/mol. The summed E-state index contributed by atoms with van der Waals surface area (Å²) in [6.07, 6.45) is 5.80. The number of hydrogen-bond acceptors (Lipinski definition) is 4. The largest absolute Gasteiger partial charge is 0.504 e. The number of nitrogens with one attached hydrogen (secondary N) is 2. The number of phenolic OH excluding ortho intramolecular Hbond substituents is 1. The van der Waals surface area contributed by atoms with Crippen LogP contribution in [0.3, 0.4) is 0 Å². The molecule has 0 aliphatic rings. The lowest BCUT2D eigenvalue weighted by Gasteiger charge is -2.04. The molecular formula is C21H22N2O4. The second-order valence-corrected chi connectivity index (χ2v) is 6.03. The Morgan fingerprint density at radius 2 is 2.04 bits per heavy atom. The summed E-state index contributed by atoms with van der Waals surface area (Å²) < 4.78 is 10.3. The molecule has 0 aliphatic carbocycles. The first-order chi connectivity index (χ1) is 13.1. The summed E-state index contributed by atoms with van der Waals surface area (Å²) in [6, 6.07) is 10.8. The van der Waals surface area contributed by atoms with Gasteiger partial charge in [-0.1, -0.05) is 6.07 Å². The Labute approximate surface area is 157 Å². The van der Waals surface area contributed by atoms with Crippen molar-refractivity contribution in [3.05, 3.63) is 59.8 Å². The third-order valence-corrected chi connectivity index (χ3v) is 4.30. The molecule has 27 heavy (non-hydrogen) atoms. The van der Waals surface area contributed by atoms with Crippen LogP contribution >= 0.6 is 0 Å². The van der Waals surface area contributed by atoms with Crippen molar-refractivity contribution in [1.29, 1.82) is 0 Å². The molecule has 3 rings (SSSR count). The van der Waals surface area contributed by atoms with E-state index in [0.717, 1.165) is 27.8 Å². The van der Waals surface area contributed by atoms with Crippen LogP contribution in [0.15, 0.2) is 48.7 Å². The Kier molecular flexibility index (Phi) is 5.66. The van der Waals surface area contributed by atoms with Gasteiger partial charge in [0.25, 0.3) is 0 Å². The zero-order valence-corrected chi connectivity index (χ0v) is 15.3. The van der Waals surface area contributed by atoms with E-state index in [2.05, 4.69) is 10.3 Å². The summed E-state index contributed by atoms with van der Waals surface area (Å²) in [6.45, 7) is 0.520. The number of ether oxygens (including phenoxy) is 2. The minimum atomic E-state index is -0.181. The van der Waals surface area contributed by atoms with Gasteiger partial charge in [-0.15, -0.1) is 0 Å². The van der Waals surface area contributed by atoms with Crippen LogP contribution in [0.5, 0.6) is 17.2 Å². The van der Waals surface area contributed by atoms with Gasteiger partial charge in [-0.3, -0.25) is 4.79 Å². The molecule has 1 heterocycles. The summed E-state index contributed by atoms with van der Waals surface area (Å²) >= 11 is 0. The molecule has 2 aromatic carbocycles. The quantitative estimate of drug-likeness (QED) is 0.561. The summed E-state index contributed by atoms with van der Waals surface area (Å²) in [4.78, 5) is 15.2. The smallest absolute Gasteiger partial charge is 0.244 e. The van der Waals surface area contributed by atoms with E-state index in [4.69, 9.17) is 9.47 Å². The first-order valence-corrected chi connectivity index (χ1v) is 8.57. The van der Waals surface area contributed by atoms with E-state index in [1.165, 1.54) is 19.3 Å². The highest BCUT2D eigenvalue weighted by atomic mass is 16.5. The molecule has 0 radical (unpaired) electrons. The van der Waals surface area contributed by atoms with Crippen LogP contribution in [0.1, 0.15) is 11.1 Å². The van der Waals surface area contributed by atoms with Gasteiger partial charge >= 0.3 is 0 Å². The molecular weight excluding hydrogens is 344 g/mol. The number of carbonyl (C=O) groups is 1. The molecule has 0 fully saturated rings. The van der Waals surface area contributed by atoms with E-state index in [-0.39, 0.29) is 11.7 Å². The average Bonchev–Trinajstić information content (AvgIpc) is 3.09. The van der Waals surface area contributed by atoms with Gasteiger partial charge in [0.05, 0.1) is 14.2 Å². The Hall–Kier alpha value is -3.41. The number of H-pyrrole nitrogens is 1. The molecule has 0 atom stereocenters. The summed E-state index contributed by atoms with van der Waals surface area (Å²) in [5, 5.41) is 13.6. The van der Waals surface area contributed by atoms with Gasteiger partial charge in [0.15, 0.2) is 11.5 Å². The van der Waals surface area contributed by atoms with Crippen LogP contribution in [-0.2, 0) is 11.2 Å². The lowest BCUT2D eigenvalue weighted by Crippen LogP contribution is -2.23. The molecule has 0 saturated carbocycles. The number of fused-ring (bicyclic) bond motifs is 1. The first kappa shape index (κ1) is 18.4. The van der Waals surface area contributed by atoms with Gasteiger partial charge in [0, 0.05) is 29.7 Å². The molecule has 1 amide bonds. The number of amides is 1. The van der Waals surface area contributed by atoms with Crippen molar-refractivity contribution >= 4 is 22.9 Å². The maximum absolute atomic E-state index is 12.0. The monoisotopic (exact) mass is 366 g/mol. The van der Waals surface area contributed by atoms with Crippen molar-refractivity contribution in [2.75, 3.05) is 20.8 Å². The van der Waals surface area contributed by atoms with E-state index in [1.807, 2.05) is 24.4 Å². The third-order valence-electron chi connectivity index (χ3n) is 4.30. The summed E-state index contributed by atoms with van der Waals surface area (Å²) in [7, 11) is 3.12. The topological polar surface area (TPSA) is 83.6 Å². The number of aromatic hydroxyl groups is 1. The van der Waals surface area contributed by atoms with Crippen molar-refractivity contribution in [2.45, 2.75) is 6.42 Å². The number of benzene rings is 2. The predicted octanol–water partition coefficient (Wildman–Crippen LogP) is 3.26. The minimum Gasteiger partial charge on any atom is -0.504 e. The third kappa shape index (κ3) is 4.41. The molecule has 0 unspecified atom stereocenters. The van der Waals surface area contributed by atoms with Crippen molar-refractivity contribution in [2.24, 2.45) is 0 Å². The minimum absolute atomic E-state index is 0.0643. The highest BCUT2D eigenvalue weighted by Gasteiger charge is 2.06. The Balaban J connectivity index is 1.57. The number of rotatable bonds is 7. The van der Waals surface area contributed by atoms with Crippen LogP contribution < -0.4 is 14.8 Å². The first-order valence-electron chi connectivity index (χ1n) is 8.57. The molecule has 0 aliphatic heterocycles. The lowest BCUT2D eigenvalue weighted by molar-refractivity contribution is -0.116. The number of aromatic amines is 1. The molecule has 1 aromatic heterocycles. The van der Waals surface area contributed by atoms with Crippen molar-refractivity contribution in [3.8, 4) is 17.2 Å². The fraction of sp³-hybridized carbons (Fsp3) is 0.190. The van der Waals surface area contributed by atoms with Gasteiger partial charge in [-0.2, -0.15) is 0 Å². The normalized spacial score (nSPS) is 11.0. The molecule has 6 nitrogen and oxygen atoms in total. The summed E-state index contributed by atoms with van der Waals surface area (Å²) in [5.41, 5.74) is 2.93. The van der Waals surface area contributed by atoms with E-state index >= 15 is 0 Å². The van der Waals surface area contributed by atoms with Gasteiger partial charge < -0.3 is 24.9 Å². The molecule has 0 bridgehead atoms. The SMILES string of the molecule is COc1ccc2[nH]cc(CCNC(=O)/C=C/c3ccc(O)c(OC)c3)c2c1. The second-order valence-electron chi connectivity index (χ2n) is 6.03. The van der Waals surface area contributed by atoms with Gasteiger partial charge in [0.1, 0.15) is 5.75 Å². The highest BCUT2D eigenvalue weighted by Crippen LogP contribution is 2.26. The zero-order valence-electron chi connectivity index (χ0n) is 15.3. The van der Waals surface area contributed by atoms with Gasteiger partial charge in [0.2, 0.25) is 5.91 Å². The number of aromatic nitrogens is 1. The van der Waals surface area contributed by atoms with Crippen LogP contribution in [-0.4, -0.2) is 36.8 Å². The predicted molar refractivity (Wildman–Crippen MR) is 105 cm³/mol. The van der Waals surface area contributed by atoms with Crippen LogP contribution in [0.25, 0.3) is 17.0 Å². The maximum atomic E-state index is 12.0. The van der Waals surface area contributed by atoms with Gasteiger partial charge in [-0.05, 0) is 54.0 Å².